The van der Waals surface area contributed by atoms with Crippen LogP contribution in [0.2, 0.25) is 0 Å². The van der Waals surface area contributed by atoms with E-state index in [0.29, 0.717) is 11.4 Å². The third kappa shape index (κ3) is 3.58. The molecule has 0 saturated heterocycles. The maximum atomic E-state index is 12.6. The van der Waals surface area contributed by atoms with Crippen LogP contribution < -0.4 is 5.32 Å². The fourth-order valence-electron chi connectivity index (χ4n) is 2.73. The zero-order valence-electron chi connectivity index (χ0n) is 15.4. The molecule has 6 nitrogen and oxygen atoms in total. The van der Waals surface area contributed by atoms with Crippen molar-refractivity contribution in [1.82, 2.24) is 14.7 Å². The minimum Gasteiger partial charge on any atom is -0.451 e. The molecule has 1 N–H and O–H groups in total. The number of rotatable bonds is 5. The second-order valence-electron chi connectivity index (χ2n) is 6.74. The van der Waals surface area contributed by atoms with Crippen LogP contribution in [-0.2, 0) is 6.54 Å². The van der Waals surface area contributed by atoms with Crippen LogP contribution in [0.1, 0.15) is 27.2 Å². The Morgan fingerprint density at radius 2 is 1.96 bits per heavy atom. The first kappa shape index (κ1) is 17.2. The van der Waals surface area contributed by atoms with Gasteiger partial charge in [-0.05, 0) is 58.1 Å². The SMILES string of the molecule is Cc1cc2oc(C(=O)Nc3cnn(CCN(C)C)c3)c(C)c2cc1C. The van der Waals surface area contributed by atoms with Crippen molar-refractivity contribution in [2.75, 3.05) is 26.0 Å². The average molecular weight is 340 g/mol. The van der Waals surface area contributed by atoms with Gasteiger partial charge in [0.05, 0.1) is 18.4 Å². The van der Waals surface area contributed by atoms with Gasteiger partial charge in [0, 0.05) is 23.7 Å². The number of nitrogens with one attached hydrogen (secondary N) is 1. The minimum absolute atomic E-state index is 0.254. The first-order valence-electron chi connectivity index (χ1n) is 8.34. The van der Waals surface area contributed by atoms with Crippen molar-refractivity contribution in [1.29, 1.82) is 0 Å². The first-order chi connectivity index (χ1) is 11.8. The van der Waals surface area contributed by atoms with E-state index in [0.717, 1.165) is 35.2 Å². The van der Waals surface area contributed by atoms with Gasteiger partial charge in [-0.15, -0.1) is 0 Å². The summed E-state index contributed by atoms with van der Waals surface area (Å²) >= 11 is 0. The van der Waals surface area contributed by atoms with Crippen molar-refractivity contribution in [2.24, 2.45) is 0 Å². The molecule has 0 bridgehead atoms. The van der Waals surface area contributed by atoms with Crippen molar-refractivity contribution in [3.8, 4) is 0 Å². The minimum atomic E-state index is -0.254. The monoisotopic (exact) mass is 340 g/mol. The Kier molecular flexibility index (Phi) is 4.63. The number of benzene rings is 1. The van der Waals surface area contributed by atoms with Crippen LogP contribution in [0.4, 0.5) is 5.69 Å². The van der Waals surface area contributed by atoms with Crippen molar-refractivity contribution in [3.05, 3.63) is 47.0 Å². The van der Waals surface area contributed by atoms with Crippen LogP contribution in [0.3, 0.4) is 0 Å². The van der Waals surface area contributed by atoms with Gasteiger partial charge in [0.1, 0.15) is 5.58 Å². The fourth-order valence-corrected chi connectivity index (χ4v) is 2.73. The van der Waals surface area contributed by atoms with E-state index in [2.05, 4.69) is 28.3 Å². The molecule has 132 valence electrons. The van der Waals surface area contributed by atoms with Crippen LogP contribution in [0, 0.1) is 20.8 Å². The number of carbonyl (C=O) groups excluding carboxylic acids is 1. The van der Waals surface area contributed by atoms with E-state index in [-0.39, 0.29) is 5.91 Å². The molecule has 0 fully saturated rings. The number of amides is 1. The largest absolute Gasteiger partial charge is 0.451 e. The predicted octanol–water partition coefficient (Wildman–Crippen LogP) is 3.37. The maximum Gasteiger partial charge on any atom is 0.291 e. The topological polar surface area (TPSA) is 63.3 Å². The molecule has 0 aliphatic rings. The zero-order chi connectivity index (χ0) is 18.1. The molecule has 3 rings (SSSR count). The number of likely N-dealkylation sites (N-methyl/N-ethyl adjacent to an activating group) is 1. The third-order valence-corrected chi connectivity index (χ3v) is 4.43. The lowest BCUT2D eigenvalue weighted by atomic mass is 10.1. The molecule has 0 aliphatic heterocycles. The molecule has 2 aromatic heterocycles. The van der Waals surface area contributed by atoms with Gasteiger partial charge in [0.25, 0.3) is 5.91 Å². The number of furan rings is 1. The molecule has 2 heterocycles. The van der Waals surface area contributed by atoms with Crippen LogP contribution in [-0.4, -0.2) is 41.2 Å². The molecule has 1 aromatic carbocycles. The normalized spacial score (nSPS) is 11.4. The van der Waals surface area contributed by atoms with Gasteiger partial charge >= 0.3 is 0 Å². The summed E-state index contributed by atoms with van der Waals surface area (Å²) in [4.78, 5) is 14.7. The van der Waals surface area contributed by atoms with E-state index >= 15 is 0 Å². The van der Waals surface area contributed by atoms with Crippen LogP contribution >= 0.6 is 0 Å². The van der Waals surface area contributed by atoms with Crippen molar-refractivity contribution in [3.63, 3.8) is 0 Å². The number of fused-ring (bicyclic) bond motifs is 1. The summed E-state index contributed by atoms with van der Waals surface area (Å²) in [5.74, 6) is 0.0946. The Labute approximate surface area is 147 Å². The summed E-state index contributed by atoms with van der Waals surface area (Å²) in [7, 11) is 4.03. The Hall–Kier alpha value is -2.60. The number of nitrogens with zero attached hydrogens (tertiary/aromatic N) is 3. The molecule has 0 aliphatic carbocycles. The summed E-state index contributed by atoms with van der Waals surface area (Å²) in [5.41, 5.74) is 4.60. The van der Waals surface area contributed by atoms with E-state index in [4.69, 9.17) is 4.42 Å². The molecule has 3 aromatic rings. The number of aromatic nitrogens is 2. The van der Waals surface area contributed by atoms with Gasteiger partial charge in [-0.2, -0.15) is 5.10 Å². The molecule has 0 unspecified atom stereocenters. The maximum absolute atomic E-state index is 12.6. The van der Waals surface area contributed by atoms with E-state index in [9.17, 15) is 4.79 Å². The molecule has 0 saturated carbocycles. The predicted molar refractivity (Wildman–Crippen MR) is 99.2 cm³/mol. The number of hydrogen-bond donors (Lipinski definition) is 1. The van der Waals surface area contributed by atoms with Gasteiger partial charge in [-0.3, -0.25) is 9.48 Å². The molecule has 0 atom stereocenters. The van der Waals surface area contributed by atoms with Gasteiger partial charge in [0.15, 0.2) is 5.76 Å². The summed E-state index contributed by atoms with van der Waals surface area (Å²) in [6.07, 6.45) is 3.48. The quantitative estimate of drug-likeness (QED) is 0.773. The van der Waals surface area contributed by atoms with Gasteiger partial charge in [-0.25, -0.2) is 0 Å². The second-order valence-corrected chi connectivity index (χ2v) is 6.74. The number of hydrogen-bond acceptors (Lipinski definition) is 4. The number of aryl methyl sites for hydroxylation is 3. The lowest BCUT2D eigenvalue weighted by Crippen LogP contribution is -2.18. The average Bonchev–Trinajstić information content (AvgIpc) is 3.11. The van der Waals surface area contributed by atoms with Crippen molar-refractivity contribution >= 4 is 22.6 Å². The summed E-state index contributed by atoms with van der Waals surface area (Å²) in [5, 5.41) is 8.12. The van der Waals surface area contributed by atoms with Gasteiger partial charge < -0.3 is 14.6 Å². The highest BCUT2D eigenvalue weighted by molar-refractivity contribution is 6.06. The summed E-state index contributed by atoms with van der Waals surface area (Å²) in [6.45, 7) is 7.66. The molecule has 0 spiro atoms. The molecular weight excluding hydrogens is 316 g/mol. The van der Waals surface area contributed by atoms with Crippen molar-refractivity contribution in [2.45, 2.75) is 27.3 Å². The van der Waals surface area contributed by atoms with E-state index < -0.39 is 0 Å². The van der Waals surface area contributed by atoms with Crippen molar-refractivity contribution < 1.29 is 9.21 Å². The molecule has 1 amide bonds. The highest BCUT2D eigenvalue weighted by atomic mass is 16.3. The Bertz CT molecular complexity index is 921. The molecule has 25 heavy (non-hydrogen) atoms. The highest BCUT2D eigenvalue weighted by Gasteiger charge is 2.19. The number of anilines is 1. The van der Waals surface area contributed by atoms with E-state index in [1.54, 1.807) is 6.20 Å². The van der Waals surface area contributed by atoms with Gasteiger partial charge in [0.2, 0.25) is 0 Å². The fraction of sp³-hybridized carbons (Fsp3) is 0.368. The smallest absolute Gasteiger partial charge is 0.291 e. The molecule has 0 radical (unpaired) electrons. The third-order valence-electron chi connectivity index (χ3n) is 4.43. The summed E-state index contributed by atoms with van der Waals surface area (Å²) < 4.78 is 7.62. The lowest BCUT2D eigenvalue weighted by molar-refractivity contribution is 0.0998. The van der Waals surface area contributed by atoms with Crippen LogP contribution in [0.25, 0.3) is 11.0 Å². The lowest BCUT2D eigenvalue weighted by Gasteiger charge is -2.08. The Balaban J connectivity index is 1.79. The van der Waals surface area contributed by atoms with Crippen LogP contribution in [0.5, 0.6) is 0 Å². The highest BCUT2D eigenvalue weighted by Crippen LogP contribution is 2.28. The molecule has 6 heteroatoms. The summed E-state index contributed by atoms with van der Waals surface area (Å²) in [6, 6.07) is 4.05. The second kappa shape index (κ2) is 6.72. The zero-order valence-corrected chi connectivity index (χ0v) is 15.4. The Morgan fingerprint density at radius 3 is 2.68 bits per heavy atom. The first-order valence-corrected chi connectivity index (χ1v) is 8.34. The number of carbonyl (C=O) groups is 1. The Morgan fingerprint density at radius 1 is 1.24 bits per heavy atom. The van der Waals surface area contributed by atoms with Crippen LogP contribution in [0.15, 0.2) is 28.9 Å². The van der Waals surface area contributed by atoms with Gasteiger partial charge in [-0.1, -0.05) is 0 Å². The van der Waals surface area contributed by atoms with E-state index in [1.807, 2.05) is 44.9 Å². The van der Waals surface area contributed by atoms with E-state index in [1.165, 1.54) is 5.56 Å². The molecular formula is C19H24N4O2. The standard InChI is InChI=1S/C19H24N4O2/c1-12-8-16-14(3)18(25-17(16)9-13(12)2)19(24)21-15-10-20-23(11-15)7-6-22(4)5/h8-11H,6-7H2,1-5H3,(H,21,24).